The predicted octanol–water partition coefficient (Wildman–Crippen LogP) is -5.44. The summed E-state index contributed by atoms with van der Waals surface area (Å²) >= 11 is 0. The summed E-state index contributed by atoms with van der Waals surface area (Å²) in [4.78, 5) is 26.3. The summed E-state index contributed by atoms with van der Waals surface area (Å²) in [6, 6.07) is 10.8. The number of hydrogen-bond donors (Lipinski definition) is 4. The molecule has 0 spiro atoms. The van der Waals surface area contributed by atoms with Gasteiger partial charge in [0.1, 0.15) is 0 Å². The third kappa shape index (κ3) is 4.64. The molecule has 0 amide bonds. The molecule has 8 N–H and O–H groups in total. The fourth-order valence-electron chi connectivity index (χ4n) is 3.21. The Balaban J connectivity index is 0.00000196. The van der Waals surface area contributed by atoms with E-state index in [9.17, 15) is 9.59 Å². The SMILES string of the molecule is [Cl-].[Cl-].[NH3+]CCCNc1ccc(NCCC[NH3+])c2c1C(=O)c1ccccc1C2=O. The van der Waals surface area contributed by atoms with Crippen LogP contribution in [-0.2, 0) is 0 Å². The van der Waals surface area contributed by atoms with Gasteiger partial charge in [-0.05, 0) is 12.1 Å². The van der Waals surface area contributed by atoms with Gasteiger partial charge in [-0.3, -0.25) is 9.59 Å². The summed E-state index contributed by atoms with van der Waals surface area (Å²) in [5.74, 6) is -0.207. The van der Waals surface area contributed by atoms with E-state index in [1.807, 2.05) is 12.1 Å². The van der Waals surface area contributed by atoms with Gasteiger partial charge in [-0.25, -0.2) is 0 Å². The van der Waals surface area contributed by atoms with Crippen molar-refractivity contribution < 1.29 is 45.9 Å². The second-order valence-electron chi connectivity index (χ2n) is 6.38. The Labute approximate surface area is 177 Å². The molecule has 0 unspecified atom stereocenters. The molecule has 152 valence electrons. The van der Waals surface area contributed by atoms with Crippen LogP contribution >= 0.6 is 0 Å². The van der Waals surface area contributed by atoms with Crippen molar-refractivity contribution in [1.82, 2.24) is 0 Å². The van der Waals surface area contributed by atoms with Gasteiger partial charge < -0.3 is 46.9 Å². The first-order valence-electron chi connectivity index (χ1n) is 9.10. The minimum atomic E-state index is -0.104. The molecule has 2 aromatic carbocycles. The van der Waals surface area contributed by atoms with Crippen molar-refractivity contribution >= 4 is 22.9 Å². The molecule has 0 radical (unpaired) electrons. The van der Waals surface area contributed by atoms with Gasteiger partial charge >= 0.3 is 0 Å². The lowest BCUT2D eigenvalue weighted by Crippen LogP contribution is -3.00. The Morgan fingerprint density at radius 1 is 0.679 bits per heavy atom. The molecule has 0 aromatic heterocycles. The molecule has 28 heavy (non-hydrogen) atoms. The minimum Gasteiger partial charge on any atom is -1.00 e. The second kappa shape index (κ2) is 11.0. The van der Waals surface area contributed by atoms with Gasteiger partial charge in [-0.15, -0.1) is 0 Å². The van der Waals surface area contributed by atoms with E-state index in [0.717, 1.165) is 25.9 Å². The highest BCUT2D eigenvalue weighted by atomic mass is 35.5. The lowest BCUT2D eigenvalue weighted by atomic mass is 9.82. The molecular formula is C20H26Cl2N4O2. The summed E-state index contributed by atoms with van der Waals surface area (Å²) < 4.78 is 0. The first-order valence-corrected chi connectivity index (χ1v) is 9.10. The molecule has 8 heteroatoms. The maximum atomic E-state index is 13.1. The van der Waals surface area contributed by atoms with Crippen molar-refractivity contribution in [2.75, 3.05) is 36.8 Å². The van der Waals surface area contributed by atoms with Crippen LogP contribution in [0, 0.1) is 0 Å². The van der Waals surface area contributed by atoms with Crippen LogP contribution in [0.25, 0.3) is 0 Å². The van der Waals surface area contributed by atoms with E-state index < -0.39 is 0 Å². The van der Waals surface area contributed by atoms with Crippen molar-refractivity contribution in [3.8, 4) is 0 Å². The van der Waals surface area contributed by atoms with E-state index in [2.05, 4.69) is 22.1 Å². The predicted molar refractivity (Wildman–Crippen MR) is 101 cm³/mol. The summed E-state index contributed by atoms with van der Waals surface area (Å²) in [6.45, 7) is 3.06. The fraction of sp³-hybridized carbons (Fsp3) is 0.300. The van der Waals surface area contributed by atoms with Crippen LogP contribution in [-0.4, -0.2) is 37.7 Å². The smallest absolute Gasteiger partial charge is 0.196 e. The number of anilines is 2. The monoisotopic (exact) mass is 424 g/mol. The number of carbonyl (C=O) groups excluding carboxylic acids is 2. The van der Waals surface area contributed by atoms with Gasteiger partial charge in [-0.1, -0.05) is 24.3 Å². The van der Waals surface area contributed by atoms with Gasteiger partial charge in [0, 0.05) is 48.4 Å². The van der Waals surface area contributed by atoms with Gasteiger partial charge in [0.15, 0.2) is 11.6 Å². The van der Waals surface area contributed by atoms with E-state index in [1.165, 1.54) is 0 Å². The molecule has 0 saturated heterocycles. The van der Waals surface area contributed by atoms with Crippen molar-refractivity contribution in [2.24, 2.45) is 0 Å². The minimum absolute atomic E-state index is 0. The molecule has 0 heterocycles. The number of fused-ring (bicyclic) bond motifs is 2. The van der Waals surface area contributed by atoms with Gasteiger partial charge in [-0.2, -0.15) is 0 Å². The Kier molecular flexibility index (Phi) is 9.41. The molecule has 3 rings (SSSR count). The van der Waals surface area contributed by atoms with Crippen LogP contribution < -0.4 is 46.9 Å². The standard InChI is InChI=1S/C20H24N4O2.2ClH/c21-9-3-11-23-15-7-8-16(24-12-4-10-22)18-17(15)19(25)13-5-1-2-6-14(13)20(18)26;;/h1-2,5-8,23-24H,3-4,9-12,21-22H2;2*1H. The van der Waals surface area contributed by atoms with Crippen LogP contribution in [0.15, 0.2) is 36.4 Å². The fourth-order valence-corrected chi connectivity index (χ4v) is 3.21. The number of rotatable bonds is 8. The lowest BCUT2D eigenvalue weighted by Gasteiger charge is -2.23. The van der Waals surface area contributed by atoms with Crippen LogP contribution in [0.2, 0.25) is 0 Å². The molecular weight excluding hydrogens is 399 g/mol. The number of ketones is 2. The maximum Gasteiger partial charge on any atom is 0.196 e. The van der Waals surface area contributed by atoms with Crippen molar-refractivity contribution in [3.05, 3.63) is 58.7 Å². The average Bonchev–Trinajstić information content (AvgIpc) is 2.67. The van der Waals surface area contributed by atoms with Gasteiger partial charge in [0.2, 0.25) is 0 Å². The molecule has 0 fully saturated rings. The van der Waals surface area contributed by atoms with Crippen LogP contribution in [0.4, 0.5) is 11.4 Å². The molecule has 2 aromatic rings. The van der Waals surface area contributed by atoms with E-state index >= 15 is 0 Å². The lowest BCUT2D eigenvalue weighted by molar-refractivity contribution is -0.368. The number of quaternary nitrogens is 2. The zero-order valence-electron chi connectivity index (χ0n) is 15.7. The van der Waals surface area contributed by atoms with Crippen molar-refractivity contribution in [2.45, 2.75) is 12.8 Å². The summed E-state index contributed by atoms with van der Waals surface area (Å²) in [7, 11) is 0. The van der Waals surface area contributed by atoms with E-state index in [-0.39, 0.29) is 36.4 Å². The highest BCUT2D eigenvalue weighted by Crippen LogP contribution is 2.36. The molecule has 0 bridgehead atoms. The first-order chi connectivity index (χ1) is 12.7. The van der Waals surface area contributed by atoms with E-state index in [4.69, 9.17) is 0 Å². The topological polar surface area (TPSA) is 113 Å². The molecule has 0 aliphatic heterocycles. The Hall–Kier alpha value is -2.12. The van der Waals surface area contributed by atoms with Crippen molar-refractivity contribution in [1.29, 1.82) is 0 Å². The Bertz CT molecular complexity index is 775. The van der Waals surface area contributed by atoms with E-state index in [1.54, 1.807) is 24.3 Å². The largest absolute Gasteiger partial charge is 1.00 e. The third-order valence-electron chi connectivity index (χ3n) is 4.56. The molecule has 0 atom stereocenters. The number of halogens is 2. The Morgan fingerprint density at radius 2 is 1.07 bits per heavy atom. The first kappa shape index (κ1) is 23.9. The highest BCUT2D eigenvalue weighted by molar-refractivity contribution is 6.31. The average molecular weight is 425 g/mol. The zero-order valence-corrected chi connectivity index (χ0v) is 17.2. The number of benzene rings is 2. The summed E-state index contributed by atoms with van der Waals surface area (Å²) in [5.41, 5.74) is 11.0. The van der Waals surface area contributed by atoms with Crippen molar-refractivity contribution in [3.63, 3.8) is 0 Å². The highest BCUT2D eigenvalue weighted by Gasteiger charge is 2.33. The zero-order chi connectivity index (χ0) is 18.5. The van der Waals surface area contributed by atoms with Gasteiger partial charge in [0.05, 0.1) is 24.2 Å². The molecule has 6 nitrogen and oxygen atoms in total. The molecule has 0 saturated carbocycles. The number of carbonyl (C=O) groups is 2. The summed E-state index contributed by atoms with van der Waals surface area (Å²) in [5, 5.41) is 6.60. The molecule has 1 aliphatic carbocycles. The van der Waals surface area contributed by atoms with Crippen LogP contribution in [0.3, 0.4) is 0 Å². The van der Waals surface area contributed by atoms with Gasteiger partial charge in [0.25, 0.3) is 0 Å². The van der Waals surface area contributed by atoms with Crippen LogP contribution in [0.5, 0.6) is 0 Å². The summed E-state index contributed by atoms with van der Waals surface area (Å²) in [6.07, 6.45) is 1.80. The number of hydrogen-bond acceptors (Lipinski definition) is 4. The molecule has 1 aliphatic rings. The normalized spacial score (nSPS) is 11.6. The quantitative estimate of drug-likeness (QED) is 0.270. The Morgan fingerprint density at radius 3 is 1.43 bits per heavy atom. The third-order valence-corrected chi connectivity index (χ3v) is 4.56. The maximum absolute atomic E-state index is 13.1. The van der Waals surface area contributed by atoms with E-state index in [0.29, 0.717) is 46.7 Å². The van der Waals surface area contributed by atoms with Crippen LogP contribution in [0.1, 0.15) is 44.7 Å². The number of nitrogens with one attached hydrogen (secondary N) is 2. The second-order valence-corrected chi connectivity index (χ2v) is 6.38.